The maximum atomic E-state index is 12.3. The van der Waals surface area contributed by atoms with Gasteiger partial charge >= 0.3 is 6.03 Å². The monoisotopic (exact) mass is 275 g/mol. The van der Waals surface area contributed by atoms with Crippen molar-refractivity contribution >= 4 is 11.7 Å². The van der Waals surface area contributed by atoms with Gasteiger partial charge in [-0.2, -0.15) is 0 Å². The molecule has 1 spiro atoms. The minimum Gasteiger partial charge on any atom is -0.497 e. The van der Waals surface area contributed by atoms with Gasteiger partial charge in [-0.1, -0.05) is 0 Å². The van der Waals surface area contributed by atoms with Gasteiger partial charge in [0.05, 0.1) is 7.11 Å². The molecule has 0 aliphatic carbocycles. The molecule has 0 radical (unpaired) electrons. The first-order chi connectivity index (χ1) is 9.71. The van der Waals surface area contributed by atoms with Crippen LogP contribution >= 0.6 is 0 Å². The highest BCUT2D eigenvalue weighted by atomic mass is 16.5. The number of hydrogen-bond acceptors (Lipinski definition) is 3. The van der Waals surface area contributed by atoms with Crippen molar-refractivity contribution in [3.05, 3.63) is 24.3 Å². The van der Waals surface area contributed by atoms with Crippen molar-refractivity contribution in [2.45, 2.75) is 12.8 Å². The maximum Gasteiger partial charge on any atom is 0.321 e. The highest BCUT2D eigenvalue weighted by Gasteiger charge is 2.41. The van der Waals surface area contributed by atoms with Crippen LogP contribution in [0.3, 0.4) is 0 Å². The number of likely N-dealkylation sites (tertiary alicyclic amines) is 1. The van der Waals surface area contributed by atoms with E-state index in [1.807, 2.05) is 29.2 Å². The van der Waals surface area contributed by atoms with E-state index in [1.165, 1.54) is 6.42 Å². The van der Waals surface area contributed by atoms with Crippen LogP contribution in [0.5, 0.6) is 5.75 Å². The lowest BCUT2D eigenvalue weighted by Gasteiger charge is -2.23. The average molecular weight is 275 g/mol. The molecule has 2 N–H and O–H groups in total. The summed E-state index contributed by atoms with van der Waals surface area (Å²) >= 11 is 0. The molecule has 1 unspecified atom stereocenters. The summed E-state index contributed by atoms with van der Waals surface area (Å²) in [6.45, 7) is 3.83. The van der Waals surface area contributed by atoms with Crippen LogP contribution in [-0.2, 0) is 0 Å². The predicted octanol–water partition coefficient (Wildman–Crippen LogP) is 1.91. The zero-order chi connectivity index (χ0) is 14.0. The molecule has 2 aliphatic heterocycles. The molecule has 0 saturated carbocycles. The van der Waals surface area contributed by atoms with Gasteiger partial charge in [0.25, 0.3) is 0 Å². The normalized spacial score (nSPS) is 25.1. The molecule has 1 aromatic rings. The number of hydrogen-bond donors (Lipinski definition) is 2. The summed E-state index contributed by atoms with van der Waals surface area (Å²) < 4.78 is 5.11. The fraction of sp³-hybridized carbons (Fsp3) is 0.533. The molecule has 2 saturated heterocycles. The lowest BCUT2D eigenvalue weighted by Crippen LogP contribution is -2.36. The Balaban J connectivity index is 1.59. The maximum absolute atomic E-state index is 12.3. The van der Waals surface area contributed by atoms with Gasteiger partial charge in [0.15, 0.2) is 0 Å². The molecule has 0 aromatic heterocycles. The Morgan fingerprint density at radius 1 is 1.35 bits per heavy atom. The summed E-state index contributed by atoms with van der Waals surface area (Å²) in [7, 11) is 1.63. The van der Waals surface area contributed by atoms with E-state index in [1.54, 1.807) is 7.11 Å². The predicted molar refractivity (Wildman–Crippen MR) is 78.1 cm³/mol. The minimum absolute atomic E-state index is 0.000980. The first kappa shape index (κ1) is 13.2. The van der Waals surface area contributed by atoms with E-state index in [9.17, 15) is 4.79 Å². The quantitative estimate of drug-likeness (QED) is 0.867. The molecular weight excluding hydrogens is 254 g/mol. The van der Waals surface area contributed by atoms with Gasteiger partial charge in [-0.05, 0) is 43.7 Å². The molecule has 1 atom stereocenters. The van der Waals surface area contributed by atoms with Crippen LogP contribution in [0.1, 0.15) is 12.8 Å². The van der Waals surface area contributed by atoms with E-state index in [0.717, 1.165) is 44.0 Å². The van der Waals surface area contributed by atoms with E-state index < -0.39 is 0 Å². The molecule has 2 fully saturated rings. The van der Waals surface area contributed by atoms with Crippen molar-refractivity contribution in [3.63, 3.8) is 0 Å². The largest absolute Gasteiger partial charge is 0.497 e. The fourth-order valence-corrected chi connectivity index (χ4v) is 3.13. The highest BCUT2D eigenvalue weighted by molar-refractivity contribution is 5.89. The van der Waals surface area contributed by atoms with Gasteiger partial charge in [-0.15, -0.1) is 0 Å². The molecular formula is C15H21N3O2. The molecule has 2 aliphatic rings. The van der Waals surface area contributed by atoms with E-state index in [0.29, 0.717) is 5.41 Å². The smallest absolute Gasteiger partial charge is 0.321 e. The third-order valence-corrected chi connectivity index (χ3v) is 4.40. The van der Waals surface area contributed by atoms with Crippen LogP contribution in [0.25, 0.3) is 0 Å². The Morgan fingerprint density at radius 3 is 2.80 bits per heavy atom. The SMILES string of the molecule is COc1ccc(NC(=O)N2CCC3(CCNC3)C2)cc1. The van der Waals surface area contributed by atoms with Crippen molar-refractivity contribution < 1.29 is 9.53 Å². The van der Waals surface area contributed by atoms with Crippen LogP contribution in [0, 0.1) is 5.41 Å². The van der Waals surface area contributed by atoms with Gasteiger partial charge in [0.1, 0.15) is 5.75 Å². The minimum atomic E-state index is -0.000980. The van der Waals surface area contributed by atoms with E-state index in [4.69, 9.17) is 4.74 Å². The number of carbonyl (C=O) groups excluding carboxylic acids is 1. The van der Waals surface area contributed by atoms with Crippen LogP contribution < -0.4 is 15.4 Å². The molecule has 5 heteroatoms. The number of nitrogens with zero attached hydrogens (tertiary/aromatic N) is 1. The van der Waals surface area contributed by atoms with Gasteiger partial charge in [-0.25, -0.2) is 4.79 Å². The van der Waals surface area contributed by atoms with E-state index >= 15 is 0 Å². The number of ether oxygens (including phenoxy) is 1. The Morgan fingerprint density at radius 2 is 2.15 bits per heavy atom. The topological polar surface area (TPSA) is 53.6 Å². The van der Waals surface area contributed by atoms with Crippen molar-refractivity contribution in [3.8, 4) is 5.75 Å². The highest BCUT2D eigenvalue weighted by Crippen LogP contribution is 2.36. The third-order valence-electron chi connectivity index (χ3n) is 4.40. The molecule has 2 heterocycles. The van der Waals surface area contributed by atoms with Crippen molar-refractivity contribution in [1.82, 2.24) is 10.2 Å². The van der Waals surface area contributed by atoms with Crippen LogP contribution in [0.2, 0.25) is 0 Å². The molecule has 2 amide bonds. The third kappa shape index (κ3) is 2.58. The molecule has 1 aromatic carbocycles. The Labute approximate surface area is 119 Å². The average Bonchev–Trinajstić information content (AvgIpc) is 3.10. The number of carbonyl (C=O) groups is 1. The lowest BCUT2D eigenvalue weighted by atomic mass is 9.87. The fourth-order valence-electron chi connectivity index (χ4n) is 3.13. The zero-order valence-electron chi connectivity index (χ0n) is 11.8. The van der Waals surface area contributed by atoms with Gasteiger partial charge < -0.3 is 20.3 Å². The second-order valence-corrected chi connectivity index (χ2v) is 5.76. The number of methoxy groups -OCH3 is 1. The van der Waals surface area contributed by atoms with Gasteiger partial charge in [0.2, 0.25) is 0 Å². The van der Waals surface area contributed by atoms with Crippen molar-refractivity contribution in [2.75, 3.05) is 38.6 Å². The first-order valence-corrected chi connectivity index (χ1v) is 7.12. The standard InChI is InChI=1S/C15H21N3O2/c1-20-13-4-2-12(3-5-13)17-14(19)18-9-7-15(11-18)6-8-16-10-15/h2-5,16H,6-11H2,1H3,(H,17,19). The number of nitrogens with one attached hydrogen (secondary N) is 2. The van der Waals surface area contributed by atoms with Crippen LogP contribution in [0.4, 0.5) is 10.5 Å². The van der Waals surface area contributed by atoms with E-state index in [2.05, 4.69) is 10.6 Å². The molecule has 0 bridgehead atoms. The molecule has 3 rings (SSSR count). The second-order valence-electron chi connectivity index (χ2n) is 5.76. The number of rotatable bonds is 2. The lowest BCUT2D eigenvalue weighted by molar-refractivity contribution is 0.215. The summed E-state index contributed by atoms with van der Waals surface area (Å²) in [4.78, 5) is 14.2. The summed E-state index contributed by atoms with van der Waals surface area (Å²) in [6, 6.07) is 7.42. The summed E-state index contributed by atoms with van der Waals surface area (Å²) in [5.74, 6) is 0.792. The number of anilines is 1. The van der Waals surface area contributed by atoms with Crippen molar-refractivity contribution in [2.24, 2.45) is 5.41 Å². The Bertz CT molecular complexity index is 480. The molecule has 5 nitrogen and oxygen atoms in total. The zero-order valence-corrected chi connectivity index (χ0v) is 11.8. The molecule has 108 valence electrons. The summed E-state index contributed by atoms with van der Waals surface area (Å²) in [5.41, 5.74) is 1.12. The Kier molecular flexibility index (Phi) is 3.53. The number of urea groups is 1. The Hall–Kier alpha value is -1.75. The summed E-state index contributed by atoms with van der Waals surface area (Å²) in [6.07, 6.45) is 2.29. The number of benzene rings is 1. The van der Waals surface area contributed by atoms with E-state index in [-0.39, 0.29) is 6.03 Å². The first-order valence-electron chi connectivity index (χ1n) is 7.12. The van der Waals surface area contributed by atoms with Gasteiger partial charge in [0, 0.05) is 30.7 Å². The van der Waals surface area contributed by atoms with Crippen LogP contribution in [-0.4, -0.2) is 44.2 Å². The second kappa shape index (κ2) is 5.32. The van der Waals surface area contributed by atoms with Crippen LogP contribution in [0.15, 0.2) is 24.3 Å². The summed E-state index contributed by atoms with van der Waals surface area (Å²) in [5, 5.41) is 6.36. The molecule has 20 heavy (non-hydrogen) atoms. The van der Waals surface area contributed by atoms with Crippen molar-refractivity contribution in [1.29, 1.82) is 0 Å². The number of amides is 2. The van der Waals surface area contributed by atoms with Gasteiger partial charge in [-0.3, -0.25) is 0 Å².